The van der Waals surface area contributed by atoms with Gasteiger partial charge in [-0.15, -0.1) is 0 Å². The highest BCUT2D eigenvalue weighted by Crippen LogP contribution is 2.35. The number of amides is 1. The van der Waals surface area contributed by atoms with Gasteiger partial charge in [0.15, 0.2) is 0 Å². The Labute approximate surface area is 182 Å². The maximum atomic E-state index is 12.3. The van der Waals surface area contributed by atoms with E-state index in [0.717, 1.165) is 10.6 Å². The van der Waals surface area contributed by atoms with E-state index in [9.17, 15) is 13.2 Å². The van der Waals surface area contributed by atoms with Crippen molar-refractivity contribution in [3.05, 3.63) is 61.0 Å². The van der Waals surface area contributed by atoms with E-state index in [0.29, 0.717) is 15.6 Å². The highest BCUT2D eigenvalue weighted by Gasteiger charge is 2.24. The number of benzene rings is 2. The van der Waals surface area contributed by atoms with E-state index in [4.69, 9.17) is 58.0 Å². The molecule has 0 aromatic heterocycles. The summed E-state index contributed by atoms with van der Waals surface area (Å²) in [4.78, 5) is 12.3. The Hall–Kier alpha value is -0.890. The molecular weight excluding hydrogens is 478 g/mol. The summed E-state index contributed by atoms with van der Waals surface area (Å²) in [6.07, 6.45) is 0.954. The standard InChI is InChI=1S/C16H13Cl5N2O3S/c1-27(25,26)23(15-6-13(20)12(19)5-14(15)21)8-16(24)22-7-9-2-3-10(17)4-11(9)18/h2-6H,7-8H2,1H3,(H,22,24). The second kappa shape index (κ2) is 9.07. The van der Waals surface area contributed by atoms with Crippen molar-refractivity contribution in [1.82, 2.24) is 5.32 Å². The van der Waals surface area contributed by atoms with Crippen molar-refractivity contribution in [2.45, 2.75) is 6.54 Å². The molecule has 1 N–H and O–H groups in total. The Morgan fingerprint density at radius 3 is 2.19 bits per heavy atom. The minimum Gasteiger partial charge on any atom is -0.350 e. The lowest BCUT2D eigenvalue weighted by atomic mass is 10.2. The molecular formula is C16H13Cl5N2O3S. The largest absolute Gasteiger partial charge is 0.350 e. The lowest BCUT2D eigenvalue weighted by Crippen LogP contribution is -2.40. The second-order valence-corrected chi connectivity index (χ2v) is 9.47. The number of hydrogen-bond donors (Lipinski definition) is 1. The number of carbonyl (C=O) groups is 1. The topological polar surface area (TPSA) is 66.5 Å². The monoisotopic (exact) mass is 488 g/mol. The third-order valence-corrected chi connectivity index (χ3v) is 6.18. The van der Waals surface area contributed by atoms with Gasteiger partial charge in [0.25, 0.3) is 0 Å². The van der Waals surface area contributed by atoms with Crippen LogP contribution >= 0.6 is 58.0 Å². The quantitative estimate of drug-likeness (QED) is 0.577. The number of rotatable bonds is 6. The Morgan fingerprint density at radius 1 is 0.963 bits per heavy atom. The van der Waals surface area contributed by atoms with Crippen LogP contribution in [-0.2, 0) is 21.4 Å². The number of sulfonamides is 1. The summed E-state index contributed by atoms with van der Waals surface area (Å²) in [5.41, 5.74) is 0.682. The molecule has 0 heterocycles. The maximum absolute atomic E-state index is 12.3. The van der Waals surface area contributed by atoms with Gasteiger partial charge >= 0.3 is 0 Å². The van der Waals surface area contributed by atoms with Gasteiger partial charge in [0.1, 0.15) is 6.54 Å². The van der Waals surface area contributed by atoms with E-state index in [1.165, 1.54) is 12.1 Å². The highest BCUT2D eigenvalue weighted by molar-refractivity contribution is 7.92. The molecule has 0 saturated carbocycles. The molecule has 2 aromatic rings. The van der Waals surface area contributed by atoms with Gasteiger partial charge in [-0.2, -0.15) is 0 Å². The van der Waals surface area contributed by atoms with Crippen LogP contribution in [0.4, 0.5) is 5.69 Å². The average Bonchev–Trinajstić information content (AvgIpc) is 2.54. The molecule has 0 saturated heterocycles. The van der Waals surface area contributed by atoms with E-state index in [2.05, 4.69) is 5.32 Å². The first-order valence-electron chi connectivity index (χ1n) is 7.32. The minimum atomic E-state index is -3.82. The molecule has 0 bridgehead atoms. The Bertz CT molecular complexity index is 982. The lowest BCUT2D eigenvalue weighted by molar-refractivity contribution is -0.119. The van der Waals surface area contributed by atoms with Crippen molar-refractivity contribution in [3.8, 4) is 0 Å². The van der Waals surface area contributed by atoms with Gasteiger partial charge in [0.05, 0.1) is 27.0 Å². The van der Waals surface area contributed by atoms with Gasteiger partial charge in [0.2, 0.25) is 15.9 Å². The molecule has 0 atom stereocenters. The Kier molecular flexibility index (Phi) is 7.53. The highest BCUT2D eigenvalue weighted by atomic mass is 35.5. The van der Waals surface area contributed by atoms with Crippen LogP contribution in [0.1, 0.15) is 5.56 Å². The van der Waals surface area contributed by atoms with E-state index >= 15 is 0 Å². The van der Waals surface area contributed by atoms with Crippen molar-refractivity contribution >= 4 is 79.6 Å². The number of nitrogens with one attached hydrogen (secondary N) is 1. The molecule has 0 spiro atoms. The molecule has 0 unspecified atom stereocenters. The summed E-state index contributed by atoms with van der Waals surface area (Å²) in [5, 5.41) is 3.77. The van der Waals surface area contributed by atoms with Crippen molar-refractivity contribution in [2.75, 3.05) is 17.1 Å². The molecule has 0 radical (unpaired) electrons. The van der Waals surface area contributed by atoms with Crippen LogP contribution < -0.4 is 9.62 Å². The molecule has 0 fully saturated rings. The number of halogens is 5. The van der Waals surface area contributed by atoms with Crippen LogP contribution in [0.25, 0.3) is 0 Å². The van der Waals surface area contributed by atoms with Crippen LogP contribution in [0.2, 0.25) is 25.1 Å². The van der Waals surface area contributed by atoms with Crippen LogP contribution in [0.3, 0.4) is 0 Å². The van der Waals surface area contributed by atoms with Crippen LogP contribution in [0, 0.1) is 0 Å². The first-order chi connectivity index (χ1) is 12.5. The number of carbonyl (C=O) groups excluding carboxylic acids is 1. The van der Waals surface area contributed by atoms with Gasteiger partial charge in [-0.3, -0.25) is 9.10 Å². The summed E-state index contributed by atoms with van der Waals surface area (Å²) in [5.74, 6) is -0.561. The molecule has 2 aromatic carbocycles. The molecule has 2 rings (SSSR count). The Morgan fingerprint density at radius 2 is 1.59 bits per heavy atom. The third-order valence-electron chi connectivity index (χ3n) is 3.44. The zero-order chi connectivity index (χ0) is 20.4. The molecule has 0 aliphatic rings. The van der Waals surface area contributed by atoms with Crippen molar-refractivity contribution in [1.29, 1.82) is 0 Å². The summed E-state index contributed by atoms with van der Waals surface area (Å²) < 4.78 is 25.2. The first kappa shape index (κ1) is 22.4. The van der Waals surface area contributed by atoms with Gasteiger partial charge in [-0.05, 0) is 29.8 Å². The normalized spacial score (nSPS) is 11.3. The minimum absolute atomic E-state index is 0.0448. The molecule has 0 aliphatic heterocycles. The van der Waals surface area contributed by atoms with Crippen LogP contribution in [-0.4, -0.2) is 27.1 Å². The number of nitrogens with zero attached hydrogens (tertiary/aromatic N) is 1. The van der Waals surface area contributed by atoms with Gasteiger partial charge in [0, 0.05) is 16.6 Å². The van der Waals surface area contributed by atoms with Crippen molar-refractivity contribution < 1.29 is 13.2 Å². The van der Waals surface area contributed by atoms with Crippen LogP contribution in [0.15, 0.2) is 30.3 Å². The average molecular weight is 491 g/mol. The fraction of sp³-hybridized carbons (Fsp3) is 0.188. The maximum Gasteiger partial charge on any atom is 0.241 e. The smallest absolute Gasteiger partial charge is 0.241 e. The van der Waals surface area contributed by atoms with E-state index in [-0.39, 0.29) is 27.3 Å². The number of anilines is 1. The summed E-state index contributed by atoms with van der Waals surface area (Å²) in [6, 6.07) is 7.44. The first-order valence-corrected chi connectivity index (χ1v) is 11.1. The van der Waals surface area contributed by atoms with Crippen molar-refractivity contribution in [2.24, 2.45) is 0 Å². The molecule has 146 valence electrons. The Balaban J connectivity index is 2.19. The third kappa shape index (κ3) is 6.04. The zero-order valence-corrected chi connectivity index (χ0v) is 18.4. The van der Waals surface area contributed by atoms with E-state index in [1.807, 2.05) is 0 Å². The summed E-state index contributed by atoms with van der Waals surface area (Å²) in [6.45, 7) is -0.400. The SMILES string of the molecule is CS(=O)(=O)N(CC(=O)NCc1ccc(Cl)cc1Cl)c1cc(Cl)c(Cl)cc1Cl. The fourth-order valence-corrected chi connectivity index (χ4v) is 4.16. The molecule has 5 nitrogen and oxygen atoms in total. The molecule has 1 amide bonds. The van der Waals surface area contributed by atoms with Gasteiger partial charge < -0.3 is 5.32 Å². The molecule has 11 heteroatoms. The lowest BCUT2D eigenvalue weighted by Gasteiger charge is -2.23. The summed E-state index contributed by atoms with van der Waals surface area (Å²) >= 11 is 29.8. The summed E-state index contributed by atoms with van der Waals surface area (Å²) in [7, 11) is -3.82. The van der Waals surface area contributed by atoms with E-state index < -0.39 is 22.5 Å². The van der Waals surface area contributed by atoms with Crippen LogP contribution in [0.5, 0.6) is 0 Å². The fourth-order valence-electron chi connectivity index (χ4n) is 2.13. The van der Waals surface area contributed by atoms with Gasteiger partial charge in [-0.1, -0.05) is 64.1 Å². The second-order valence-electron chi connectivity index (χ2n) is 5.50. The number of hydrogen-bond acceptors (Lipinski definition) is 3. The predicted molar refractivity (Wildman–Crippen MR) is 112 cm³/mol. The molecule has 0 aliphatic carbocycles. The van der Waals surface area contributed by atoms with Crippen molar-refractivity contribution in [3.63, 3.8) is 0 Å². The predicted octanol–water partition coefficient (Wildman–Crippen LogP) is 5.04. The molecule has 27 heavy (non-hydrogen) atoms. The van der Waals surface area contributed by atoms with E-state index in [1.54, 1.807) is 18.2 Å². The van der Waals surface area contributed by atoms with Gasteiger partial charge in [-0.25, -0.2) is 8.42 Å². The zero-order valence-electron chi connectivity index (χ0n) is 13.8.